The minimum atomic E-state index is -0.689. The van der Waals surface area contributed by atoms with Crippen LogP contribution in [0.25, 0.3) is 0 Å². The van der Waals surface area contributed by atoms with E-state index in [1.807, 2.05) is 30.3 Å². The summed E-state index contributed by atoms with van der Waals surface area (Å²) < 4.78 is 20.4. The summed E-state index contributed by atoms with van der Waals surface area (Å²) in [6, 6.07) is 18.2. The van der Waals surface area contributed by atoms with E-state index in [9.17, 15) is 9.59 Å². The van der Waals surface area contributed by atoms with Crippen molar-refractivity contribution in [2.45, 2.75) is 13.5 Å². The summed E-state index contributed by atoms with van der Waals surface area (Å²) in [6.07, 6.45) is 0. The predicted octanol–water partition coefficient (Wildman–Crippen LogP) is 3.12. The predicted molar refractivity (Wildman–Crippen MR) is 104 cm³/mol. The lowest BCUT2D eigenvalue weighted by Crippen LogP contribution is -2.23. The third kappa shape index (κ3) is 6.69. The van der Waals surface area contributed by atoms with E-state index < -0.39 is 18.5 Å². The second kappa shape index (κ2) is 9.93. The molecule has 0 atom stereocenters. The van der Waals surface area contributed by atoms with Crippen molar-refractivity contribution < 1.29 is 28.3 Å². The van der Waals surface area contributed by atoms with Gasteiger partial charge in [0.1, 0.15) is 18.1 Å². The van der Waals surface area contributed by atoms with Crippen LogP contribution >= 0.6 is 0 Å². The van der Waals surface area contributed by atoms with Gasteiger partial charge in [0, 0.05) is 11.8 Å². The average molecular weight is 396 g/mol. The van der Waals surface area contributed by atoms with Gasteiger partial charge in [-0.3, -0.25) is 4.79 Å². The second-order valence-corrected chi connectivity index (χ2v) is 6.07. The highest BCUT2D eigenvalue weighted by Gasteiger charge is 2.10. The van der Waals surface area contributed by atoms with Crippen LogP contribution in [0.15, 0.2) is 65.2 Å². The molecule has 0 bridgehead atoms. The van der Waals surface area contributed by atoms with Gasteiger partial charge >= 0.3 is 5.97 Å². The Morgan fingerprint density at radius 1 is 1.00 bits per heavy atom. The first-order chi connectivity index (χ1) is 14.1. The van der Waals surface area contributed by atoms with E-state index in [1.54, 1.807) is 31.2 Å². The number of rotatable bonds is 9. The zero-order valence-corrected chi connectivity index (χ0v) is 15.8. The number of nitrogens with one attached hydrogen (secondary N) is 1. The highest BCUT2D eigenvalue weighted by atomic mass is 16.6. The third-order valence-corrected chi connectivity index (χ3v) is 3.69. The van der Waals surface area contributed by atoms with Crippen molar-refractivity contribution in [2.24, 2.45) is 0 Å². The molecule has 2 aromatic carbocycles. The van der Waals surface area contributed by atoms with Crippen LogP contribution in [-0.4, -0.2) is 30.2 Å². The van der Waals surface area contributed by atoms with Crippen molar-refractivity contribution >= 4 is 17.6 Å². The topological polar surface area (TPSA) is 99.9 Å². The number of amides is 1. The number of ether oxygens (including phenoxy) is 3. The molecule has 0 unspecified atom stereocenters. The van der Waals surface area contributed by atoms with E-state index in [2.05, 4.69) is 10.5 Å². The first-order valence-corrected chi connectivity index (χ1v) is 8.87. The molecule has 0 aliphatic rings. The fraction of sp³-hybridized carbons (Fsp3) is 0.190. The third-order valence-electron chi connectivity index (χ3n) is 3.69. The smallest absolute Gasteiger partial charge is 0.344 e. The normalized spacial score (nSPS) is 10.2. The summed E-state index contributed by atoms with van der Waals surface area (Å²) in [6.45, 7) is 1.36. The number of benzene rings is 2. The van der Waals surface area contributed by atoms with E-state index in [0.717, 1.165) is 5.56 Å². The molecule has 29 heavy (non-hydrogen) atoms. The van der Waals surface area contributed by atoms with Crippen LogP contribution in [0.1, 0.15) is 11.3 Å². The first kappa shape index (κ1) is 19.9. The van der Waals surface area contributed by atoms with Gasteiger partial charge in [-0.25, -0.2) is 4.79 Å². The number of aryl methyl sites for hydroxylation is 1. The standard InChI is InChI=1S/C21H20N2O6/c1-15-11-20(23-29-15)27-14-21(25)28-13-19(24)22-17-7-9-18(10-8-17)26-12-16-5-3-2-4-6-16/h2-11H,12-14H2,1H3,(H,22,24). The molecule has 1 heterocycles. The molecule has 0 saturated heterocycles. The Balaban J connectivity index is 1.36. The lowest BCUT2D eigenvalue weighted by Gasteiger charge is -2.09. The van der Waals surface area contributed by atoms with E-state index in [4.69, 9.17) is 18.7 Å². The Morgan fingerprint density at radius 3 is 2.45 bits per heavy atom. The first-order valence-electron chi connectivity index (χ1n) is 8.87. The Labute approximate surface area is 167 Å². The number of esters is 1. The van der Waals surface area contributed by atoms with Gasteiger partial charge in [-0.1, -0.05) is 30.3 Å². The zero-order chi connectivity index (χ0) is 20.5. The Hall–Kier alpha value is -3.81. The molecule has 1 N–H and O–H groups in total. The maximum Gasteiger partial charge on any atom is 0.344 e. The van der Waals surface area contributed by atoms with Gasteiger partial charge in [-0.15, -0.1) is 0 Å². The number of hydrogen-bond donors (Lipinski definition) is 1. The molecule has 8 heteroatoms. The van der Waals surface area contributed by atoms with Gasteiger partial charge in [-0.2, -0.15) is 0 Å². The van der Waals surface area contributed by atoms with Crippen molar-refractivity contribution in [1.29, 1.82) is 0 Å². The van der Waals surface area contributed by atoms with Crippen molar-refractivity contribution in [1.82, 2.24) is 5.16 Å². The fourth-order valence-electron chi connectivity index (χ4n) is 2.30. The maximum atomic E-state index is 11.9. The quantitative estimate of drug-likeness (QED) is 0.555. The second-order valence-electron chi connectivity index (χ2n) is 6.07. The van der Waals surface area contributed by atoms with Crippen molar-refractivity contribution in [3.05, 3.63) is 72.0 Å². The molecular formula is C21H20N2O6. The van der Waals surface area contributed by atoms with Crippen LogP contribution in [-0.2, 0) is 20.9 Å². The van der Waals surface area contributed by atoms with E-state index in [0.29, 0.717) is 23.8 Å². The molecule has 3 aromatic rings. The summed E-state index contributed by atoms with van der Waals surface area (Å²) in [5, 5.41) is 6.22. The summed E-state index contributed by atoms with van der Waals surface area (Å²) in [5.74, 6) is 0.264. The summed E-state index contributed by atoms with van der Waals surface area (Å²) in [5.41, 5.74) is 1.63. The zero-order valence-electron chi connectivity index (χ0n) is 15.8. The highest BCUT2D eigenvalue weighted by molar-refractivity contribution is 5.92. The Bertz CT molecular complexity index is 937. The molecule has 1 amide bonds. The molecule has 0 aliphatic heterocycles. The van der Waals surface area contributed by atoms with Crippen LogP contribution < -0.4 is 14.8 Å². The summed E-state index contributed by atoms with van der Waals surface area (Å²) >= 11 is 0. The number of aromatic nitrogens is 1. The van der Waals surface area contributed by atoms with Crippen molar-refractivity contribution in [3.63, 3.8) is 0 Å². The van der Waals surface area contributed by atoms with Gasteiger partial charge in [-0.05, 0) is 41.9 Å². The Morgan fingerprint density at radius 2 is 1.76 bits per heavy atom. The van der Waals surface area contributed by atoms with E-state index in [-0.39, 0.29) is 12.5 Å². The number of carbonyl (C=O) groups excluding carboxylic acids is 2. The molecule has 1 aromatic heterocycles. The maximum absolute atomic E-state index is 11.9. The summed E-state index contributed by atoms with van der Waals surface area (Å²) in [7, 11) is 0. The molecule has 0 radical (unpaired) electrons. The lowest BCUT2D eigenvalue weighted by molar-refractivity contribution is -0.149. The molecular weight excluding hydrogens is 376 g/mol. The minimum absolute atomic E-state index is 0.179. The van der Waals surface area contributed by atoms with Gasteiger partial charge in [0.15, 0.2) is 13.2 Å². The van der Waals surface area contributed by atoms with E-state index >= 15 is 0 Å². The SMILES string of the molecule is Cc1cc(OCC(=O)OCC(=O)Nc2ccc(OCc3ccccc3)cc2)no1. The Kier molecular flexibility index (Phi) is 6.83. The van der Waals surface area contributed by atoms with Gasteiger partial charge in [0.25, 0.3) is 11.8 Å². The van der Waals surface area contributed by atoms with Crippen LogP contribution in [0, 0.1) is 6.92 Å². The molecule has 3 rings (SSSR count). The minimum Gasteiger partial charge on any atom is -0.489 e. The molecule has 0 spiro atoms. The molecule has 150 valence electrons. The van der Waals surface area contributed by atoms with Gasteiger partial charge in [0.05, 0.1) is 0 Å². The van der Waals surface area contributed by atoms with Crippen LogP contribution in [0.2, 0.25) is 0 Å². The monoisotopic (exact) mass is 396 g/mol. The van der Waals surface area contributed by atoms with Gasteiger partial charge < -0.3 is 24.1 Å². The van der Waals surface area contributed by atoms with Gasteiger partial charge in [0.2, 0.25) is 0 Å². The number of anilines is 1. The van der Waals surface area contributed by atoms with Crippen LogP contribution in [0.4, 0.5) is 5.69 Å². The van der Waals surface area contributed by atoms with Crippen molar-refractivity contribution in [3.8, 4) is 11.6 Å². The van der Waals surface area contributed by atoms with Crippen molar-refractivity contribution in [2.75, 3.05) is 18.5 Å². The number of nitrogens with zero attached hydrogens (tertiary/aromatic N) is 1. The number of carbonyl (C=O) groups is 2. The lowest BCUT2D eigenvalue weighted by atomic mass is 10.2. The molecule has 0 saturated carbocycles. The van der Waals surface area contributed by atoms with Crippen LogP contribution in [0.3, 0.4) is 0 Å². The fourth-order valence-corrected chi connectivity index (χ4v) is 2.30. The summed E-state index contributed by atoms with van der Waals surface area (Å²) in [4.78, 5) is 23.5. The molecule has 0 aliphatic carbocycles. The highest BCUT2D eigenvalue weighted by Crippen LogP contribution is 2.17. The molecule has 8 nitrogen and oxygen atoms in total. The van der Waals surface area contributed by atoms with Crippen LogP contribution in [0.5, 0.6) is 11.6 Å². The number of hydrogen-bond acceptors (Lipinski definition) is 7. The average Bonchev–Trinajstić information content (AvgIpc) is 3.16. The molecule has 0 fully saturated rings. The largest absolute Gasteiger partial charge is 0.489 e. The van der Waals surface area contributed by atoms with E-state index in [1.165, 1.54) is 6.07 Å².